The summed E-state index contributed by atoms with van der Waals surface area (Å²) in [5.74, 6) is -0.292. The molecule has 6 heteroatoms. The number of oxime groups is 1. The number of carbonyl (C=O) groups is 1. The van der Waals surface area contributed by atoms with Crippen molar-refractivity contribution in [2.45, 2.75) is 19.3 Å². The number of nitrogens with zero attached hydrogens (tertiary/aromatic N) is 1. The van der Waals surface area contributed by atoms with Crippen molar-refractivity contribution in [2.75, 3.05) is 11.9 Å². The summed E-state index contributed by atoms with van der Waals surface area (Å²) in [6, 6.07) is 7.22. The molecule has 0 heterocycles. The molecule has 0 atom stereocenters. The molecule has 102 valence electrons. The molecule has 0 spiro atoms. The fourth-order valence-corrected chi connectivity index (χ4v) is 1.95. The van der Waals surface area contributed by atoms with E-state index in [9.17, 15) is 4.79 Å². The fourth-order valence-electron chi connectivity index (χ4n) is 1.95. The van der Waals surface area contributed by atoms with Crippen molar-refractivity contribution >= 4 is 17.4 Å². The summed E-state index contributed by atoms with van der Waals surface area (Å²) in [4.78, 5) is 12.1. The van der Waals surface area contributed by atoms with Crippen LogP contribution in [0.1, 0.15) is 18.4 Å². The molecule has 1 saturated carbocycles. The summed E-state index contributed by atoms with van der Waals surface area (Å²) in [5, 5.41) is 23.2. The van der Waals surface area contributed by atoms with Crippen LogP contribution in [0.5, 0.6) is 0 Å². The number of rotatable bonds is 5. The Hall–Kier alpha value is -2.08. The maximum Gasteiger partial charge on any atom is 0.238 e. The van der Waals surface area contributed by atoms with E-state index < -0.39 is 5.41 Å². The number of nitrogens with one attached hydrogen (secondary N) is 1. The molecule has 1 aliphatic rings. The third-order valence-electron chi connectivity index (χ3n) is 3.39. The van der Waals surface area contributed by atoms with E-state index in [1.807, 2.05) is 12.1 Å². The van der Waals surface area contributed by atoms with Crippen LogP contribution in [0.15, 0.2) is 29.4 Å². The molecule has 1 amide bonds. The van der Waals surface area contributed by atoms with Crippen LogP contribution in [0.4, 0.5) is 5.69 Å². The molecule has 0 aliphatic heterocycles. The number of aliphatic hydroxyl groups is 1. The van der Waals surface area contributed by atoms with Crippen LogP contribution in [0, 0.1) is 5.41 Å². The van der Waals surface area contributed by atoms with Crippen molar-refractivity contribution < 1.29 is 15.1 Å². The van der Waals surface area contributed by atoms with Crippen LogP contribution in [0.2, 0.25) is 0 Å². The molecule has 0 bridgehead atoms. The molecule has 0 aromatic heterocycles. The second-order valence-electron chi connectivity index (χ2n) is 4.69. The lowest BCUT2D eigenvalue weighted by Gasteiger charge is -2.13. The second-order valence-corrected chi connectivity index (χ2v) is 4.69. The number of amides is 1. The third kappa shape index (κ3) is 2.68. The molecule has 0 unspecified atom stereocenters. The van der Waals surface area contributed by atoms with Crippen LogP contribution in [0.25, 0.3) is 0 Å². The Morgan fingerprint density at radius 3 is 2.47 bits per heavy atom. The molecule has 1 fully saturated rings. The van der Waals surface area contributed by atoms with Gasteiger partial charge in [0.05, 0.1) is 0 Å². The Morgan fingerprint density at radius 2 is 2.00 bits per heavy atom. The molecule has 0 radical (unpaired) electrons. The first-order chi connectivity index (χ1) is 9.12. The first-order valence-electron chi connectivity index (χ1n) is 6.11. The van der Waals surface area contributed by atoms with Crippen LogP contribution >= 0.6 is 0 Å². The summed E-state index contributed by atoms with van der Waals surface area (Å²) < 4.78 is 0. The average molecular weight is 263 g/mol. The maximum atomic E-state index is 12.1. The smallest absolute Gasteiger partial charge is 0.238 e. The molecule has 5 N–H and O–H groups in total. The van der Waals surface area contributed by atoms with Crippen molar-refractivity contribution in [1.82, 2.24) is 0 Å². The molecule has 1 aromatic rings. The van der Waals surface area contributed by atoms with Gasteiger partial charge < -0.3 is 21.4 Å². The predicted molar refractivity (Wildman–Crippen MR) is 70.9 cm³/mol. The Morgan fingerprint density at radius 1 is 1.37 bits per heavy atom. The fraction of sp³-hybridized carbons (Fsp3) is 0.385. The topological polar surface area (TPSA) is 108 Å². The number of amidine groups is 1. The summed E-state index contributed by atoms with van der Waals surface area (Å²) in [6.07, 6.45) is 1.77. The highest BCUT2D eigenvalue weighted by Gasteiger charge is 2.54. The molecule has 1 aromatic carbocycles. The van der Waals surface area contributed by atoms with Crippen LogP contribution in [0.3, 0.4) is 0 Å². The van der Waals surface area contributed by atoms with E-state index in [-0.39, 0.29) is 18.3 Å². The number of benzene rings is 1. The van der Waals surface area contributed by atoms with Crippen molar-refractivity contribution in [3.63, 3.8) is 0 Å². The second kappa shape index (κ2) is 5.27. The molecule has 0 saturated heterocycles. The Kier molecular flexibility index (Phi) is 3.71. The first kappa shape index (κ1) is 13.4. The summed E-state index contributed by atoms with van der Waals surface area (Å²) in [7, 11) is 0. The number of aliphatic hydroxyl groups excluding tert-OH is 1. The number of carbonyl (C=O) groups excluding carboxylic acids is 1. The average Bonchev–Trinajstić information content (AvgIpc) is 3.22. The highest BCUT2D eigenvalue weighted by molar-refractivity contribution is 6.14. The zero-order valence-electron chi connectivity index (χ0n) is 10.5. The lowest BCUT2D eigenvalue weighted by atomic mass is 10.0. The van der Waals surface area contributed by atoms with E-state index in [4.69, 9.17) is 16.0 Å². The van der Waals surface area contributed by atoms with Crippen LogP contribution < -0.4 is 11.1 Å². The minimum absolute atomic E-state index is 0.0399. The quantitative estimate of drug-likeness (QED) is 0.271. The van der Waals surface area contributed by atoms with Gasteiger partial charge in [-0.1, -0.05) is 17.3 Å². The SMILES string of the molecule is N/C(=N/O)C1(C(=O)Nc2ccc(CCO)cc2)CC1. The van der Waals surface area contributed by atoms with Gasteiger partial charge in [0.15, 0.2) is 5.84 Å². The van der Waals surface area contributed by atoms with Gasteiger partial charge in [-0.3, -0.25) is 4.79 Å². The number of hydrogen-bond acceptors (Lipinski definition) is 4. The van der Waals surface area contributed by atoms with Gasteiger partial charge >= 0.3 is 0 Å². The zero-order valence-corrected chi connectivity index (χ0v) is 10.5. The first-order valence-corrected chi connectivity index (χ1v) is 6.11. The molecule has 1 aliphatic carbocycles. The van der Waals surface area contributed by atoms with Crippen molar-refractivity contribution in [2.24, 2.45) is 16.3 Å². The predicted octanol–water partition coefficient (Wildman–Crippen LogP) is 0.686. The normalized spacial score (nSPS) is 17.0. The molecule has 19 heavy (non-hydrogen) atoms. The van der Waals surface area contributed by atoms with E-state index in [0.29, 0.717) is 24.9 Å². The standard InChI is InChI=1S/C13H17N3O3/c14-11(16-19)13(6-7-13)12(18)15-10-3-1-9(2-4-10)5-8-17/h1-4,17,19H,5-8H2,(H2,14,16)(H,15,18). The lowest BCUT2D eigenvalue weighted by Crippen LogP contribution is -2.36. The van der Waals surface area contributed by atoms with Gasteiger partial charge in [-0.2, -0.15) is 0 Å². The highest BCUT2D eigenvalue weighted by atomic mass is 16.4. The molecule has 2 rings (SSSR count). The zero-order chi connectivity index (χ0) is 13.9. The molecular formula is C13H17N3O3. The number of hydrogen-bond donors (Lipinski definition) is 4. The number of nitrogens with two attached hydrogens (primary N) is 1. The van der Waals surface area contributed by atoms with Gasteiger partial charge in [-0.15, -0.1) is 0 Å². The maximum absolute atomic E-state index is 12.1. The van der Waals surface area contributed by atoms with Gasteiger partial charge in [0, 0.05) is 12.3 Å². The third-order valence-corrected chi connectivity index (χ3v) is 3.39. The van der Waals surface area contributed by atoms with Gasteiger partial charge in [-0.25, -0.2) is 0 Å². The minimum atomic E-state index is -0.849. The van der Waals surface area contributed by atoms with Gasteiger partial charge in [0.1, 0.15) is 5.41 Å². The van der Waals surface area contributed by atoms with Gasteiger partial charge in [0.25, 0.3) is 0 Å². The summed E-state index contributed by atoms with van der Waals surface area (Å²) >= 11 is 0. The van der Waals surface area contributed by atoms with Crippen LogP contribution in [-0.2, 0) is 11.2 Å². The van der Waals surface area contributed by atoms with Crippen molar-refractivity contribution in [1.29, 1.82) is 0 Å². The molecule has 6 nitrogen and oxygen atoms in total. The Bertz CT molecular complexity index is 492. The summed E-state index contributed by atoms with van der Waals surface area (Å²) in [5.41, 5.74) is 6.35. The lowest BCUT2D eigenvalue weighted by molar-refractivity contribution is -0.119. The Balaban J connectivity index is 2.03. The van der Waals surface area contributed by atoms with Gasteiger partial charge in [-0.05, 0) is 37.0 Å². The monoisotopic (exact) mass is 263 g/mol. The minimum Gasteiger partial charge on any atom is -0.409 e. The van der Waals surface area contributed by atoms with E-state index in [2.05, 4.69) is 10.5 Å². The summed E-state index contributed by atoms with van der Waals surface area (Å²) in [6.45, 7) is 0.0956. The van der Waals surface area contributed by atoms with E-state index >= 15 is 0 Å². The largest absolute Gasteiger partial charge is 0.409 e. The van der Waals surface area contributed by atoms with E-state index in [1.165, 1.54) is 0 Å². The van der Waals surface area contributed by atoms with Gasteiger partial charge in [0.2, 0.25) is 5.91 Å². The molecular weight excluding hydrogens is 246 g/mol. The Labute approximate surface area is 110 Å². The highest BCUT2D eigenvalue weighted by Crippen LogP contribution is 2.46. The van der Waals surface area contributed by atoms with Crippen molar-refractivity contribution in [3.05, 3.63) is 29.8 Å². The van der Waals surface area contributed by atoms with E-state index in [1.54, 1.807) is 12.1 Å². The van der Waals surface area contributed by atoms with E-state index in [0.717, 1.165) is 5.56 Å². The number of anilines is 1. The van der Waals surface area contributed by atoms with Crippen LogP contribution in [-0.4, -0.2) is 28.7 Å². The van der Waals surface area contributed by atoms with Crippen molar-refractivity contribution in [3.8, 4) is 0 Å².